The number of aromatic nitrogens is 5. The van der Waals surface area contributed by atoms with Crippen LogP contribution < -0.4 is 10.1 Å². The number of ether oxygens (including phenoxy) is 1. The number of amides is 1. The van der Waals surface area contributed by atoms with Gasteiger partial charge in [0.05, 0.1) is 5.25 Å². The van der Waals surface area contributed by atoms with Gasteiger partial charge in [-0.3, -0.25) is 10.1 Å². The molecule has 0 unspecified atom stereocenters. The molecule has 0 fully saturated rings. The van der Waals surface area contributed by atoms with Crippen molar-refractivity contribution in [3.63, 3.8) is 0 Å². The normalized spacial score (nSPS) is 12.0. The van der Waals surface area contributed by atoms with Crippen molar-refractivity contribution in [3.8, 4) is 5.75 Å². The fourth-order valence-electron chi connectivity index (χ4n) is 2.00. The zero-order chi connectivity index (χ0) is 18.5. The van der Waals surface area contributed by atoms with E-state index in [2.05, 4.69) is 25.7 Å². The van der Waals surface area contributed by atoms with Crippen LogP contribution >= 0.6 is 23.1 Å². The first-order valence-electron chi connectivity index (χ1n) is 7.86. The highest BCUT2D eigenvalue weighted by atomic mass is 32.2. The second-order valence-corrected chi connectivity index (χ2v) is 7.92. The summed E-state index contributed by atoms with van der Waals surface area (Å²) in [6.45, 7) is 3.95. The van der Waals surface area contributed by atoms with Crippen LogP contribution in [0.4, 0.5) is 5.13 Å². The standard InChI is InChI=1S/C16H18N6O2S2/c1-10(14(23)17-15-20-18-11(2)26-15)25-16-21-19-13(22(16)3)9-24-12-7-5-4-6-8-12/h4-8,10H,9H2,1-3H3,(H,17,20,23)/t10-/m0/s1. The molecular weight excluding hydrogens is 372 g/mol. The Morgan fingerprint density at radius 3 is 2.73 bits per heavy atom. The summed E-state index contributed by atoms with van der Waals surface area (Å²) < 4.78 is 7.52. The van der Waals surface area contributed by atoms with Crippen molar-refractivity contribution in [2.24, 2.45) is 7.05 Å². The molecule has 0 spiro atoms. The van der Waals surface area contributed by atoms with Crippen LogP contribution in [0, 0.1) is 6.92 Å². The van der Waals surface area contributed by atoms with E-state index in [0.717, 1.165) is 10.8 Å². The summed E-state index contributed by atoms with van der Waals surface area (Å²) in [6.07, 6.45) is 0. The van der Waals surface area contributed by atoms with E-state index in [4.69, 9.17) is 4.74 Å². The molecule has 2 aromatic heterocycles. The SMILES string of the molecule is Cc1nnc(NC(=O)[C@H](C)Sc2nnc(COc3ccccc3)n2C)s1. The van der Waals surface area contributed by atoms with Crippen molar-refractivity contribution < 1.29 is 9.53 Å². The maximum atomic E-state index is 12.3. The average Bonchev–Trinajstić information content (AvgIpc) is 3.20. The third-order valence-electron chi connectivity index (χ3n) is 3.44. The molecule has 0 saturated heterocycles. The molecule has 1 atom stereocenters. The Kier molecular flexibility index (Phi) is 5.84. The molecule has 0 aliphatic heterocycles. The summed E-state index contributed by atoms with van der Waals surface area (Å²) in [4.78, 5) is 12.3. The smallest absolute Gasteiger partial charge is 0.239 e. The highest BCUT2D eigenvalue weighted by molar-refractivity contribution is 8.00. The van der Waals surface area contributed by atoms with Crippen molar-refractivity contribution in [2.75, 3.05) is 5.32 Å². The van der Waals surface area contributed by atoms with E-state index >= 15 is 0 Å². The maximum Gasteiger partial charge on any atom is 0.239 e. The van der Waals surface area contributed by atoms with Gasteiger partial charge in [-0.2, -0.15) is 0 Å². The molecule has 1 amide bonds. The number of para-hydroxylation sites is 1. The lowest BCUT2D eigenvalue weighted by atomic mass is 10.3. The van der Waals surface area contributed by atoms with Gasteiger partial charge < -0.3 is 9.30 Å². The van der Waals surface area contributed by atoms with Gasteiger partial charge in [0.1, 0.15) is 17.4 Å². The molecule has 1 N–H and O–H groups in total. The Balaban J connectivity index is 1.57. The van der Waals surface area contributed by atoms with Gasteiger partial charge in [0.25, 0.3) is 0 Å². The number of rotatable bonds is 7. The minimum absolute atomic E-state index is 0.156. The predicted octanol–water partition coefficient (Wildman–Crippen LogP) is 2.67. The van der Waals surface area contributed by atoms with Crippen LogP contribution in [-0.4, -0.2) is 36.1 Å². The van der Waals surface area contributed by atoms with Gasteiger partial charge in [-0.1, -0.05) is 41.3 Å². The maximum absolute atomic E-state index is 12.3. The quantitative estimate of drug-likeness (QED) is 0.620. The van der Waals surface area contributed by atoms with Crippen LogP contribution in [-0.2, 0) is 18.4 Å². The van der Waals surface area contributed by atoms with Gasteiger partial charge in [0.15, 0.2) is 11.0 Å². The average molecular weight is 390 g/mol. The van der Waals surface area contributed by atoms with Crippen LogP contribution in [0.1, 0.15) is 17.8 Å². The van der Waals surface area contributed by atoms with Gasteiger partial charge in [0.2, 0.25) is 11.0 Å². The Morgan fingerprint density at radius 1 is 1.27 bits per heavy atom. The summed E-state index contributed by atoms with van der Waals surface area (Å²) in [6, 6.07) is 9.51. The monoisotopic (exact) mass is 390 g/mol. The first kappa shape index (κ1) is 18.3. The van der Waals surface area contributed by atoms with Crippen molar-refractivity contribution >= 4 is 34.1 Å². The Bertz CT molecular complexity index is 880. The van der Waals surface area contributed by atoms with Gasteiger partial charge >= 0.3 is 0 Å². The minimum atomic E-state index is -0.356. The topological polar surface area (TPSA) is 94.8 Å². The molecule has 1 aromatic carbocycles. The number of thioether (sulfide) groups is 1. The van der Waals surface area contributed by atoms with Crippen molar-refractivity contribution in [3.05, 3.63) is 41.2 Å². The summed E-state index contributed by atoms with van der Waals surface area (Å²) in [5.74, 6) is 1.30. The molecule has 0 radical (unpaired) electrons. The Hall–Kier alpha value is -2.46. The van der Waals surface area contributed by atoms with Crippen LogP contribution in [0.2, 0.25) is 0 Å². The van der Waals surface area contributed by atoms with E-state index in [-0.39, 0.29) is 11.2 Å². The number of carbonyl (C=O) groups is 1. The van der Waals surface area contributed by atoms with E-state index < -0.39 is 0 Å². The van der Waals surface area contributed by atoms with E-state index in [1.54, 1.807) is 0 Å². The van der Waals surface area contributed by atoms with Gasteiger partial charge in [0, 0.05) is 7.05 Å². The molecule has 0 bridgehead atoms. The number of nitrogens with one attached hydrogen (secondary N) is 1. The van der Waals surface area contributed by atoms with Crippen molar-refractivity contribution in [1.29, 1.82) is 0 Å². The van der Waals surface area contributed by atoms with Crippen LogP contribution in [0.25, 0.3) is 0 Å². The third kappa shape index (κ3) is 4.58. The third-order valence-corrected chi connectivity index (χ3v) is 5.33. The van der Waals surface area contributed by atoms with Crippen LogP contribution in [0.5, 0.6) is 5.75 Å². The van der Waals surface area contributed by atoms with E-state index in [1.165, 1.54) is 23.1 Å². The number of carbonyl (C=O) groups excluding carboxylic acids is 1. The lowest BCUT2D eigenvalue weighted by Crippen LogP contribution is -2.22. The zero-order valence-electron chi connectivity index (χ0n) is 14.5. The van der Waals surface area contributed by atoms with Gasteiger partial charge in [-0.25, -0.2) is 0 Å². The van der Waals surface area contributed by atoms with Crippen LogP contribution in [0.3, 0.4) is 0 Å². The molecule has 2 heterocycles. The van der Waals surface area contributed by atoms with Crippen molar-refractivity contribution in [2.45, 2.75) is 30.9 Å². The summed E-state index contributed by atoms with van der Waals surface area (Å²) in [5, 5.41) is 20.4. The van der Waals surface area contributed by atoms with Gasteiger partial charge in [-0.05, 0) is 26.0 Å². The molecule has 26 heavy (non-hydrogen) atoms. The molecule has 0 saturated carbocycles. The molecular formula is C16H18N6O2S2. The fourth-order valence-corrected chi connectivity index (χ4v) is 3.43. The number of anilines is 1. The molecule has 3 rings (SSSR count). The number of hydrogen-bond donors (Lipinski definition) is 1. The summed E-state index contributed by atoms with van der Waals surface area (Å²) in [7, 11) is 1.85. The lowest BCUT2D eigenvalue weighted by Gasteiger charge is -2.10. The molecule has 0 aliphatic carbocycles. The number of nitrogens with zero attached hydrogens (tertiary/aromatic N) is 5. The molecule has 8 nitrogen and oxygen atoms in total. The highest BCUT2D eigenvalue weighted by Crippen LogP contribution is 2.23. The lowest BCUT2D eigenvalue weighted by molar-refractivity contribution is -0.115. The Morgan fingerprint density at radius 2 is 2.04 bits per heavy atom. The van der Waals surface area contributed by atoms with E-state index in [0.29, 0.717) is 22.7 Å². The zero-order valence-corrected chi connectivity index (χ0v) is 16.2. The second-order valence-electron chi connectivity index (χ2n) is 5.44. The minimum Gasteiger partial charge on any atom is -0.486 e. The van der Waals surface area contributed by atoms with E-state index in [9.17, 15) is 4.79 Å². The molecule has 0 aliphatic rings. The van der Waals surface area contributed by atoms with Gasteiger partial charge in [-0.15, -0.1) is 20.4 Å². The Labute approximate surface area is 159 Å². The number of hydrogen-bond acceptors (Lipinski definition) is 8. The number of benzene rings is 1. The summed E-state index contributed by atoms with van der Waals surface area (Å²) >= 11 is 2.66. The van der Waals surface area contributed by atoms with Crippen LogP contribution in [0.15, 0.2) is 35.5 Å². The highest BCUT2D eigenvalue weighted by Gasteiger charge is 2.20. The fraction of sp³-hybridized carbons (Fsp3) is 0.312. The molecule has 10 heteroatoms. The predicted molar refractivity (Wildman–Crippen MR) is 100 cm³/mol. The summed E-state index contributed by atoms with van der Waals surface area (Å²) in [5.41, 5.74) is 0. The molecule has 136 valence electrons. The first-order chi connectivity index (χ1) is 12.5. The largest absolute Gasteiger partial charge is 0.486 e. The molecule has 3 aromatic rings. The second kappa shape index (κ2) is 8.28. The number of aryl methyl sites for hydroxylation is 1. The first-order valence-corrected chi connectivity index (χ1v) is 9.56. The van der Waals surface area contributed by atoms with Crippen molar-refractivity contribution in [1.82, 2.24) is 25.0 Å². The van der Waals surface area contributed by atoms with E-state index in [1.807, 2.05) is 55.8 Å².